The van der Waals surface area contributed by atoms with Gasteiger partial charge in [0.2, 0.25) is 0 Å². The number of ether oxygens (including phenoxy) is 2. The number of fused-ring (bicyclic) bond motifs is 1. The minimum absolute atomic E-state index is 0.149. The van der Waals surface area contributed by atoms with Gasteiger partial charge < -0.3 is 14.8 Å². The maximum Gasteiger partial charge on any atom is 0.276 e. The molecule has 2 heterocycles. The van der Waals surface area contributed by atoms with Gasteiger partial charge in [-0.25, -0.2) is 5.01 Å². The summed E-state index contributed by atoms with van der Waals surface area (Å²) in [5.41, 5.74) is 2.48. The van der Waals surface area contributed by atoms with Gasteiger partial charge in [-0.05, 0) is 23.8 Å². The fourth-order valence-electron chi connectivity index (χ4n) is 3.08. The Hall–Kier alpha value is -3.00. The zero-order chi connectivity index (χ0) is 19.0. The molecule has 27 heavy (non-hydrogen) atoms. The molecule has 1 unspecified atom stereocenters. The number of para-hydroxylation sites is 1. The number of hydrazone groups is 1. The van der Waals surface area contributed by atoms with Crippen molar-refractivity contribution in [2.24, 2.45) is 5.10 Å². The first-order chi connectivity index (χ1) is 13.1. The van der Waals surface area contributed by atoms with Crippen LogP contribution >= 0.6 is 11.8 Å². The van der Waals surface area contributed by atoms with E-state index in [0.717, 1.165) is 5.56 Å². The first-order valence-electron chi connectivity index (χ1n) is 8.27. The Morgan fingerprint density at radius 3 is 2.67 bits per heavy atom. The molecule has 0 bridgehead atoms. The number of rotatable bonds is 4. The average Bonchev–Trinajstić information content (AvgIpc) is 3.21. The van der Waals surface area contributed by atoms with E-state index in [2.05, 4.69) is 10.4 Å². The third kappa shape index (κ3) is 3.02. The molecule has 2 aliphatic heterocycles. The van der Waals surface area contributed by atoms with Crippen molar-refractivity contribution < 1.29 is 19.1 Å². The van der Waals surface area contributed by atoms with Gasteiger partial charge in [0, 0.05) is 5.56 Å². The van der Waals surface area contributed by atoms with Crippen molar-refractivity contribution in [2.45, 2.75) is 5.37 Å². The van der Waals surface area contributed by atoms with Crippen LogP contribution in [0.2, 0.25) is 0 Å². The number of methoxy groups -OCH3 is 2. The van der Waals surface area contributed by atoms with E-state index in [1.165, 1.54) is 16.8 Å². The maximum absolute atomic E-state index is 12.5. The quantitative estimate of drug-likeness (QED) is 0.878. The summed E-state index contributed by atoms with van der Waals surface area (Å²) in [6.07, 6.45) is 0. The van der Waals surface area contributed by atoms with Crippen LogP contribution in [0.1, 0.15) is 16.5 Å². The number of amides is 2. The number of thioether (sulfide) groups is 1. The van der Waals surface area contributed by atoms with Gasteiger partial charge in [0.1, 0.15) is 5.37 Å². The Balaban J connectivity index is 1.72. The van der Waals surface area contributed by atoms with Gasteiger partial charge in [-0.1, -0.05) is 24.3 Å². The number of carbonyl (C=O) groups excluding carboxylic acids is 2. The van der Waals surface area contributed by atoms with Crippen LogP contribution in [0.15, 0.2) is 47.6 Å². The van der Waals surface area contributed by atoms with Crippen molar-refractivity contribution in [1.29, 1.82) is 0 Å². The molecule has 2 amide bonds. The highest BCUT2D eigenvalue weighted by Crippen LogP contribution is 2.42. The molecule has 0 spiro atoms. The zero-order valence-electron chi connectivity index (χ0n) is 14.8. The number of hydrogen-bond acceptors (Lipinski definition) is 6. The molecular weight excluding hydrogens is 366 g/mol. The second kappa shape index (κ2) is 6.96. The fourth-order valence-corrected chi connectivity index (χ4v) is 4.16. The summed E-state index contributed by atoms with van der Waals surface area (Å²) in [5, 5.41) is 8.24. The third-order valence-electron chi connectivity index (χ3n) is 4.39. The van der Waals surface area contributed by atoms with Crippen LogP contribution in [-0.4, -0.2) is 42.5 Å². The van der Waals surface area contributed by atoms with Crippen LogP contribution in [0.4, 0.5) is 5.69 Å². The van der Waals surface area contributed by atoms with Crippen molar-refractivity contribution in [3.8, 4) is 11.5 Å². The summed E-state index contributed by atoms with van der Waals surface area (Å²) in [6, 6.07) is 12.8. The van der Waals surface area contributed by atoms with E-state index in [1.807, 2.05) is 36.4 Å². The average molecular weight is 383 g/mol. The Kier molecular flexibility index (Phi) is 4.49. The predicted molar refractivity (Wildman–Crippen MR) is 103 cm³/mol. The highest BCUT2D eigenvalue weighted by atomic mass is 32.2. The Bertz CT molecular complexity index is 960. The van der Waals surface area contributed by atoms with Crippen molar-refractivity contribution in [1.82, 2.24) is 5.01 Å². The molecule has 0 saturated carbocycles. The van der Waals surface area contributed by atoms with Crippen LogP contribution < -0.4 is 14.8 Å². The molecule has 1 fully saturated rings. The number of carbonyl (C=O) groups is 2. The van der Waals surface area contributed by atoms with Gasteiger partial charge in [0.25, 0.3) is 11.8 Å². The largest absolute Gasteiger partial charge is 0.493 e. The van der Waals surface area contributed by atoms with E-state index in [-0.39, 0.29) is 22.9 Å². The molecular formula is C19H17N3O4S. The summed E-state index contributed by atoms with van der Waals surface area (Å²) < 4.78 is 10.6. The molecule has 8 heteroatoms. The van der Waals surface area contributed by atoms with Crippen molar-refractivity contribution >= 4 is 35.0 Å². The van der Waals surface area contributed by atoms with Crippen LogP contribution in [-0.2, 0) is 9.59 Å². The molecule has 2 aliphatic rings. The highest BCUT2D eigenvalue weighted by molar-refractivity contribution is 8.00. The molecule has 1 atom stereocenters. The lowest BCUT2D eigenvalue weighted by Gasteiger charge is -2.20. The van der Waals surface area contributed by atoms with Gasteiger partial charge in [0.05, 0.1) is 25.7 Å². The minimum atomic E-state index is -0.342. The number of anilines is 1. The first kappa shape index (κ1) is 17.4. The molecule has 4 rings (SSSR count). The number of hydrogen-bond donors (Lipinski definition) is 1. The molecule has 7 nitrogen and oxygen atoms in total. The summed E-state index contributed by atoms with van der Waals surface area (Å²) >= 11 is 1.45. The highest BCUT2D eigenvalue weighted by Gasteiger charge is 2.36. The van der Waals surface area contributed by atoms with Crippen LogP contribution in [0.3, 0.4) is 0 Å². The first-order valence-corrected chi connectivity index (χ1v) is 9.32. The Morgan fingerprint density at radius 2 is 1.89 bits per heavy atom. The second-order valence-corrected chi connectivity index (χ2v) is 7.03. The molecule has 2 aromatic rings. The third-order valence-corrected chi connectivity index (χ3v) is 5.59. The van der Waals surface area contributed by atoms with Gasteiger partial charge >= 0.3 is 0 Å². The summed E-state index contributed by atoms with van der Waals surface area (Å²) in [4.78, 5) is 24.8. The molecule has 0 radical (unpaired) electrons. The number of nitrogens with zero attached hydrogens (tertiary/aromatic N) is 2. The SMILES string of the molecule is COc1ccc(C2SCC(=O)N2/N=C2/C(=O)Nc3ccccc32)cc1OC. The molecule has 2 aromatic carbocycles. The molecule has 138 valence electrons. The lowest BCUT2D eigenvalue weighted by atomic mass is 10.1. The molecule has 0 aliphatic carbocycles. The monoisotopic (exact) mass is 383 g/mol. The lowest BCUT2D eigenvalue weighted by Crippen LogP contribution is -2.27. The normalized spacial score (nSPS) is 20.0. The summed E-state index contributed by atoms with van der Waals surface area (Å²) in [5.74, 6) is 1.01. The summed E-state index contributed by atoms with van der Waals surface area (Å²) in [7, 11) is 3.13. The smallest absolute Gasteiger partial charge is 0.276 e. The molecule has 1 N–H and O–H groups in total. The minimum Gasteiger partial charge on any atom is -0.493 e. The second-order valence-electron chi connectivity index (χ2n) is 5.96. The van der Waals surface area contributed by atoms with Crippen LogP contribution in [0.5, 0.6) is 11.5 Å². The van der Waals surface area contributed by atoms with E-state index in [0.29, 0.717) is 28.5 Å². The summed E-state index contributed by atoms with van der Waals surface area (Å²) in [6.45, 7) is 0. The number of nitrogens with one attached hydrogen (secondary N) is 1. The van der Waals surface area contributed by atoms with Crippen molar-refractivity contribution in [3.63, 3.8) is 0 Å². The Morgan fingerprint density at radius 1 is 1.11 bits per heavy atom. The predicted octanol–water partition coefficient (Wildman–Crippen LogP) is 2.63. The molecule has 0 aromatic heterocycles. The maximum atomic E-state index is 12.5. The van der Waals surface area contributed by atoms with Crippen molar-refractivity contribution in [3.05, 3.63) is 53.6 Å². The number of benzene rings is 2. The topological polar surface area (TPSA) is 80.2 Å². The van der Waals surface area contributed by atoms with Gasteiger partial charge in [0.15, 0.2) is 17.2 Å². The van der Waals surface area contributed by atoms with Gasteiger partial charge in [-0.15, -0.1) is 11.8 Å². The van der Waals surface area contributed by atoms with Gasteiger partial charge in [-0.2, -0.15) is 5.10 Å². The zero-order valence-corrected chi connectivity index (χ0v) is 15.6. The lowest BCUT2D eigenvalue weighted by molar-refractivity contribution is -0.128. The fraction of sp³-hybridized carbons (Fsp3) is 0.211. The van der Waals surface area contributed by atoms with Crippen molar-refractivity contribution in [2.75, 3.05) is 25.3 Å². The van der Waals surface area contributed by atoms with Crippen LogP contribution in [0.25, 0.3) is 0 Å². The van der Waals surface area contributed by atoms with E-state index in [4.69, 9.17) is 9.47 Å². The van der Waals surface area contributed by atoms with E-state index in [1.54, 1.807) is 20.3 Å². The Labute approximate surface area is 160 Å². The standard InChI is InChI=1S/C19H17N3O4S/c1-25-14-8-7-11(9-15(14)26-2)19-22(16(23)10-27-19)21-17-12-5-3-4-6-13(12)20-18(17)24/h3-9,19H,10H2,1-2H3,(H,20,21,24). The van der Waals surface area contributed by atoms with Gasteiger partial charge in [-0.3, -0.25) is 9.59 Å². The van der Waals surface area contributed by atoms with E-state index in [9.17, 15) is 9.59 Å². The van der Waals surface area contributed by atoms with Crippen LogP contribution in [0, 0.1) is 0 Å². The molecule has 1 saturated heterocycles. The van der Waals surface area contributed by atoms with E-state index >= 15 is 0 Å². The van der Waals surface area contributed by atoms with E-state index < -0.39 is 0 Å².